The highest BCUT2D eigenvalue weighted by atomic mass is 16.4. The highest BCUT2D eigenvalue weighted by Gasteiger charge is 2.13. The van der Waals surface area contributed by atoms with E-state index in [2.05, 4.69) is 33.9 Å². The Morgan fingerprint density at radius 1 is 1.35 bits per heavy atom. The first kappa shape index (κ1) is 14.0. The number of aromatic nitrogens is 2. The minimum Gasteiger partial charge on any atom is -0.409 e. The summed E-state index contributed by atoms with van der Waals surface area (Å²) in [6, 6.07) is 8.00. The number of oxime groups is 1. The maximum absolute atomic E-state index is 8.61. The Bertz CT molecular complexity index is 611. The van der Waals surface area contributed by atoms with Crippen LogP contribution in [0.5, 0.6) is 0 Å². The van der Waals surface area contributed by atoms with Crippen molar-refractivity contribution >= 4 is 22.7 Å². The van der Waals surface area contributed by atoms with E-state index in [0.29, 0.717) is 13.0 Å². The standard InChI is InChI=1S/C14H19N5O/c1-10(2)19(8-7-13(15)18-20)14-9-16-11-5-3-4-6-12(11)17-14/h3-6,9-10,20H,7-8H2,1-2H3,(H2,15,18). The summed E-state index contributed by atoms with van der Waals surface area (Å²) in [5.74, 6) is 1.01. The quantitative estimate of drug-likeness (QED) is 0.376. The van der Waals surface area contributed by atoms with E-state index in [1.54, 1.807) is 6.20 Å². The van der Waals surface area contributed by atoms with Crippen LogP contribution in [0.3, 0.4) is 0 Å². The highest BCUT2D eigenvalue weighted by molar-refractivity contribution is 5.80. The van der Waals surface area contributed by atoms with Gasteiger partial charge in [-0.15, -0.1) is 0 Å². The van der Waals surface area contributed by atoms with Crippen LogP contribution in [-0.4, -0.2) is 33.6 Å². The van der Waals surface area contributed by atoms with Crippen LogP contribution >= 0.6 is 0 Å². The Balaban J connectivity index is 2.26. The number of fused-ring (bicyclic) bond motifs is 1. The SMILES string of the molecule is CC(C)N(CCC(N)=NO)c1cnc2ccccc2n1. The minimum atomic E-state index is 0.212. The van der Waals surface area contributed by atoms with Crippen LogP contribution in [-0.2, 0) is 0 Å². The molecule has 0 bridgehead atoms. The number of anilines is 1. The van der Waals surface area contributed by atoms with Crippen molar-refractivity contribution in [2.75, 3.05) is 11.4 Å². The zero-order valence-corrected chi connectivity index (χ0v) is 11.7. The molecule has 3 N–H and O–H groups in total. The average Bonchev–Trinajstić information content (AvgIpc) is 2.46. The number of nitrogens with two attached hydrogens (primary N) is 1. The van der Waals surface area contributed by atoms with Gasteiger partial charge in [0.2, 0.25) is 0 Å². The maximum atomic E-state index is 8.61. The van der Waals surface area contributed by atoms with Crippen molar-refractivity contribution in [3.8, 4) is 0 Å². The molecular weight excluding hydrogens is 254 g/mol. The zero-order valence-electron chi connectivity index (χ0n) is 11.7. The van der Waals surface area contributed by atoms with Crippen molar-refractivity contribution in [3.05, 3.63) is 30.5 Å². The molecule has 0 saturated carbocycles. The molecule has 1 aromatic carbocycles. The van der Waals surface area contributed by atoms with Crippen molar-refractivity contribution in [1.29, 1.82) is 0 Å². The lowest BCUT2D eigenvalue weighted by Gasteiger charge is -2.27. The summed E-state index contributed by atoms with van der Waals surface area (Å²) >= 11 is 0. The van der Waals surface area contributed by atoms with Crippen LogP contribution in [0, 0.1) is 0 Å². The van der Waals surface area contributed by atoms with Crippen LogP contribution in [0.15, 0.2) is 35.6 Å². The van der Waals surface area contributed by atoms with Crippen LogP contribution in [0.25, 0.3) is 11.0 Å². The number of hydrogen-bond donors (Lipinski definition) is 2. The fourth-order valence-electron chi connectivity index (χ4n) is 2.01. The number of benzene rings is 1. The molecular formula is C14H19N5O. The van der Waals surface area contributed by atoms with E-state index in [4.69, 9.17) is 10.9 Å². The summed E-state index contributed by atoms with van der Waals surface area (Å²) in [5, 5.41) is 11.6. The molecule has 2 aromatic rings. The van der Waals surface area contributed by atoms with Gasteiger partial charge in [-0.1, -0.05) is 17.3 Å². The van der Waals surface area contributed by atoms with Gasteiger partial charge in [-0.2, -0.15) is 0 Å². The predicted octanol–water partition coefficient (Wildman–Crippen LogP) is 1.98. The van der Waals surface area contributed by atoms with Gasteiger partial charge in [-0.25, -0.2) is 4.98 Å². The molecule has 0 radical (unpaired) electrons. The largest absolute Gasteiger partial charge is 0.409 e. The van der Waals surface area contributed by atoms with Crippen LogP contribution in [0.1, 0.15) is 20.3 Å². The topological polar surface area (TPSA) is 87.6 Å². The normalized spacial score (nSPS) is 12.1. The highest BCUT2D eigenvalue weighted by Crippen LogP contribution is 2.17. The molecule has 0 aliphatic rings. The number of para-hydroxylation sites is 2. The third kappa shape index (κ3) is 3.14. The fourth-order valence-corrected chi connectivity index (χ4v) is 2.01. The summed E-state index contributed by atoms with van der Waals surface area (Å²) in [4.78, 5) is 11.1. The Hall–Kier alpha value is -2.37. The van der Waals surface area contributed by atoms with Gasteiger partial charge in [-0.3, -0.25) is 4.98 Å². The number of rotatable bonds is 5. The third-order valence-corrected chi connectivity index (χ3v) is 3.09. The Kier molecular flexibility index (Phi) is 4.34. The van der Waals surface area contributed by atoms with Crippen molar-refractivity contribution in [2.24, 2.45) is 10.9 Å². The molecule has 2 rings (SSSR count). The van der Waals surface area contributed by atoms with Gasteiger partial charge in [0, 0.05) is 19.0 Å². The molecule has 0 spiro atoms. The molecule has 6 heteroatoms. The molecule has 20 heavy (non-hydrogen) atoms. The van der Waals surface area contributed by atoms with Crippen LogP contribution in [0.2, 0.25) is 0 Å². The summed E-state index contributed by atoms with van der Waals surface area (Å²) in [5.41, 5.74) is 7.26. The maximum Gasteiger partial charge on any atom is 0.148 e. The predicted molar refractivity (Wildman–Crippen MR) is 80.0 cm³/mol. The smallest absolute Gasteiger partial charge is 0.148 e. The van der Waals surface area contributed by atoms with Gasteiger partial charge in [-0.05, 0) is 26.0 Å². The second-order valence-corrected chi connectivity index (χ2v) is 4.85. The molecule has 0 atom stereocenters. The van der Waals surface area contributed by atoms with E-state index in [0.717, 1.165) is 16.9 Å². The second kappa shape index (κ2) is 6.18. The Morgan fingerprint density at radius 2 is 2.05 bits per heavy atom. The average molecular weight is 273 g/mol. The molecule has 0 saturated heterocycles. The van der Waals surface area contributed by atoms with Crippen molar-refractivity contribution in [1.82, 2.24) is 9.97 Å². The first-order chi connectivity index (χ1) is 9.61. The minimum absolute atomic E-state index is 0.212. The Labute approximate surface area is 117 Å². The van der Waals surface area contributed by atoms with E-state index in [9.17, 15) is 0 Å². The third-order valence-electron chi connectivity index (χ3n) is 3.09. The van der Waals surface area contributed by atoms with Gasteiger partial charge < -0.3 is 15.8 Å². The number of amidine groups is 1. The van der Waals surface area contributed by atoms with Crippen molar-refractivity contribution in [2.45, 2.75) is 26.3 Å². The van der Waals surface area contributed by atoms with Gasteiger partial charge in [0.05, 0.1) is 17.2 Å². The van der Waals surface area contributed by atoms with E-state index < -0.39 is 0 Å². The van der Waals surface area contributed by atoms with Gasteiger partial charge in [0.1, 0.15) is 11.7 Å². The molecule has 1 heterocycles. The first-order valence-corrected chi connectivity index (χ1v) is 6.56. The summed E-state index contributed by atoms with van der Waals surface area (Å²) in [7, 11) is 0. The van der Waals surface area contributed by atoms with E-state index in [1.165, 1.54) is 0 Å². The molecule has 0 fully saturated rings. The first-order valence-electron chi connectivity index (χ1n) is 6.56. The van der Waals surface area contributed by atoms with Crippen LogP contribution < -0.4 is 10.6 Å². The number of hydrogen-bond acceptors (Lipinski definition) is 5. The monoisotopic (exact) mass is 273 g/mol. The molecule has 0 aliphatic heterocycles. The molecule has 1 aromatic heterocycles. The van der Waals surface area contributed by atoms with Crippen molar-refractivity contribution in [3.63, 3.8) is 0 Å². The van der Waals surface area contributed by atoms with Gasteiger partial charge >= 0.3 is 0 Å². The lowest BCUT2D eigenvalue weighted by Crippen LogP contribution is -2.34. The van der Waals surface area contributed by atoms with E-state index in [1.807, 2.05) is 24.3 Å². The molecule has 0 amide bonds. The summed E-state index contributed by atoms with van der Waals surface area (Å²) < 4.78 is 0. The molecule has 0 aliphatic carbocycles. The van der Waals surface area contributed by atoms with E-state index >= 15 is 0 Å². The lowest BCUT2D eigenvalue weighted by atomic mass is 10.2. The van der Waals surface area contributed by atoms with Crippen LogP contribution in [0.4, 0.5) is 5.82 Å². The summed E-state index contributed by atoms with van der Waals surface area (Å²) in [6.07, 6.45) is 2.23. The zero-order chi connectivity index (χ0) is 14.5. The molecule has 106 valence electrons. The van der Waals surface area contributed by atoms with Crippen molar-refractivity contribution < 1.29 is 5.21 Å². The second-order valence-electron chi connectivity index (χ2n) is 4.85. The lowest BCUT2D eigenvalue weighted by molar-refractivity contribution is 0.317. The molecule has 6 nitrogen and oxygen atoms in total. The molecule has 0 unspecified atom stereocenters. The van der Waals surface area contributed by atoms with Gasteiger partial charge in [0.15, 0.2) is 0 Å². The van der Waals surface area contributed by atoms with Gasteiger partial charge in [0.25, 0.3) is 0 Å². The Morgan fingerprint density at radius 3 is 2.70 bits per heavy atom. The van der Waals surface area contributed by atoms with E-state index in [-0.39, 0.29) is 11.9 Å². The fraction of sp³-hybridized carbons (Fsp3) is 0.357. The summed E-state index contributed by atoms with van der Waals surface area (Å²) in [6.45, 7) is 4.77. The number of nitrogens with zero attached hydrogens (tertiary/aromatic N) is 4.